The summed E-state index contributed by atoms with van der Waals surface area (Å²) in [4.78, 5) is 0. The summed E-state index contributed by atoms with van der Waals surface area (Å²) in [6, 6.07) is 0. The number of alkyl halides is 24. The van der Waals surface area contributed by atoms with Gasteiger partial charge in [0.1, 0.15) is 0 Å². The Balaban J connectivity index is 7.62. The summed E-state index contributed by atoms with van der Waals surface area (Å²) in [5, 5.41) is 0. The van der Waals surface area contributed by atoms with Crippen LogP contribution in [-0.4, -0.2) is 85.3 Å². The molecule has 0 rings (SSSR count). The molecule has 0 aromatic carbocycles. The van der Waals surface area contributed by atoms with Crippen LogP contribution >= 0.6 is 0 Å². The van der Waals surface area contributed by atoms with Gasteiger partial charge in [0.25, 0.3) is 0 Å². The van der Waals surface area contributed by atoms with Crippen LogP contribution in [0.25, 0.3) is 0 Å². The first-order valence-corrected chi connectivity index (χ1v) is 8.55. The fourth-order valence-electron chi connectivity index (χ4n) is 2.25. The summed E-state index contributed by atoms with van der Waals surface area (Å²) in [7, 11) is 0. The lowest BCUT2D eigenvalue weighted by atomic mass is 9.92. The Morgan fingerprint density at radius 2 is 0.513 bits per heavy atom. The van der Waals surface area contributed by atoms with Gasteiger partial charge in [-0.05, 0) is 0 Å². The van der Waals surface area contributed by atoms with E-state index in [0.717, 1.165) is 0 Å². The van der Waals surface area contributed by atoms with Crippen LogP contribution in [0.5, 0.6) is 0 Å². The lowest BCUT2D eigenvalue weighted by Gasteiger charge is -2.44. The number of ether oxygens (including phenoxy) is 1. The van der Waals surface area contributed by atoms with Crippen LogP contribution in [0.4, 0.5) is 105 Å². The van der Waals surface area contributed by atoms with Crippen molar-refractivity contribution in [3.63, 3.8) is 0 Å². The van der Waals surface area contributed by atoms with Gasteiger partial charge in [-0.25, -0.2) is 35.1 Å². The third-order valence-electron chi connectivity index (χ3n) is 4.43. The fourth-order valence-corrected chi connectivity index (χ4v) is 2.25. The molecule has 2 unspecified atom stereocenters. The van der Waals surface area contributed by atoms with Crippen LogP contribution < -0.4 is 0 Å². The maximum absolute atomic E-state index is 13.9. The van der Waals surface area contributed by atoms with Gasteiger partial charge in [-0.15, -0.1) is 0 Å². The zero-order valence-electron chi connectivity index (χ0n) is 16.9. The van der Waals surface area contributed by atoms with Gasteiger partial charge in [0, 0.05) is 0 Å². The van der Waals surface area contributed by atoms with Crippen molar-refractivity contribution >= 4 is 0 Å². The van der Waals surface area contributed by atoms with E-state index in [9.17, 15) is 105 Å². The van der Waals surface area contributed by atoms with E-state index in [1.807, 2.05) is 4.74 Å². The van der Waals surface area contributed by atoms with Gasteiger partial charge in [-0.2, -0.15) is 70.2 Å². The molecule has 0 radical (unpaired) electrons. The minimum atomic E-state index is -8.36. The summed E-state index contributed by atoms with van der Waals surface area (Å²) in [6.07, 6.45) is -38.6. The third kappa shape index (κ3) is 5.73. The first-order valence-electron chi connectivity index (χ1n) is 8.55. The third-order valence-corrected chi connectivity index (χ3v) is 4.43. The topological polar surface area (TPSA) is 9.23 Å². The van der Waals surface area contributed by atoms with Gasteiger partial charge in [-0.1, -0.05) is 0 Å². The average molecular weight is 646 g/mol. The highest BCUT2D eigenvalue weighted by Crippen LogP contribution is 2.58. The van der Waals surface area contributed by atoms with Crippen molar-refractivity contribution in [2.75, 3.05) is 0 Å². The zero-order valence-corrected chi connectivity index (χ0v) is 16.9. The molecule has 0 aliphatic rings. The second kappa shape index (κ2) is 10.6. The molecule has 0 aliphatic carbocycles. The first-order chi connectivity index (χ1) is 16.7. The zero-order chi connectivity index (χ0) is 32.2. The van der Waals surface area contributed by atoms with Crippen molar-refractivity contribution in [2.24, 2.45) is 0 Å². The van der Waals surface area contributed by atoms with Crippen LogP contribution in [0.15, 0.2) is 0 Å². The summed E-state index contributed by atoms with van der Waals surface area (Å²) < 4.78 is 316. The van der Waals surface area contributed by atoms with E-state index >= 15 is 0 Å². The normalized spacial score (nSPS) is 17.5. The molecule has 0 aliphatic heterocycles. The van der Waals surface area contributed by atoms with E-state index in [1.165, 1.54) is 0 Å². The monoisotopic (exact) mass is 646 g/mol. The molecular weight excluding hydrogens is 640 g/mol. The van der Waals surface area contributed by atoms with Crippen LogP contribution in [0.3, 0.4) is 0 Å². The molecule has 1 nitrogen and oxygen atoms in total. The highest BCUT2D eigenvalue weighted by molar-refractivity contribution is 5.10. The Kier molecular flexibility index (Phi) is 10.1. The second-order valence-corrected chi connectivity index (χ2v) is 7.09. The standard InChI is InChI=1S/C14H6F24O/c15-3(16)7(23,24)1(9(27,28)13(35,36)11(31,32)5(19)20)39-2(8(25,26)4(17)18)10(29,30)14(37,38)12(33,34)6(21)22/h1-6H. The highest BCUT2D eigenvalue weighted by Gasteiger charge is 2.85. The van der Waals surface area contributed by atoms with Gasteiger partial charge in [-0.3, -0.25) is 0 Å². The van der Waals surface area contributed by atoms with Crippen LogP contribution in [0.1, 0.15) is 0 Å². The van der Waals surface area contributed by atoms with E-state index in [-0.39, 0.29) is 0 Å². The van der Waals surface area contributed by atoms with Crippen molar-refractivity contribution < 1.29 is 110 Å². The SMILES string of the molecule is FC(F)C(F)(F)C(OC(C(F)(F)C(F)F)C(F)(F)C(F)(F)C(F)(F)C(F)F)C(F)(F)C(F)(F)C(F)(F)C(F)F. The van der Waals surface area contributed by atoms with Crippen LogP contribution in [-0.2, 0) is 4.74 Å². The predicted molar refractivity (Wildman–Crippen MR) is 72.3 cm³/mol. The van der Waals surface area contributed by atoms with E-state index in [2.05, 4.69) is 0 Å². The smallest absolute Gasteiger partial charge is 0.349 e. The second-order valence-electron chi connectivity index (χ2n) is 7.09. The van der Waals surface area contributed by atoms with Crippen molar-refractivity contribution in [3.05, 3.63) is 0 Å². The number of hydrogen-bond donors (Lipinski definition) is 0. The molecule has 0 bridgehead atoms. The molecule has 25 heteroatoms. The van der Waals surface area contributed by atoms with Gasteiger partial charge >= 0.3 is 73.1 Å². The molecule has 0 heterocycles. The summed E-state index contributed by atoms with van der Waals surface area (Å²) in [6.45, 7) is 0. The number of rotatable bonds is 14. The lowest BCUT2D eigenvalue weighted by molar-refractivity contribution is -0.424. The molecule has 0 fully saturated rings. The van der Waals surface area contributed by atoms with Gasteiger partial charge in [0.15, 0.2) is 12.2 Å². The Bertz CT molecular complexity index is 750. The molecule has 0 aromatic heterocycles. The molecule has 0 N–H and O–H groups in total. The van der Waals surface area contributed by atoms with Crippen molar-refractivity contribution in [1.29, 1.82) is 0 Å². The Labute approximate surface area is 197 Å². The fraction of sp³-hybridized carbons (Fsp3) is 1.00. The molecule has 0 aromatic rings. The Morgan fingerprint density at radius 3 is 0.667 bits per heavy atom. The quantitative estimate of drug-likeness (QED) is 0.175. The molecule has 0 saturated heterocycles. The van der Waals surface area contributed by atoms with E-state index < -0.39 is 85.3 Å². The molecule has 0 saturated carbocycles. The van der Waals surface area contributed by atoms with E-state index in [1.54, 1.807) is 0 Å². The van der Waals surface area contributed by atoms with Gasteiger partial charge in [0.2, 0.25) is 0 Å². The minimum Gasteiger partial charge on any atom is -0.349 e. The molecule has 0 amide bonds. The largest absolute Gasteiger partial charge is 0.380 e. The molecular formula is C14H6F24O. The summed E-state index contributed by atoms with van der Waals surface area (Å²) >= 11 is 0. The molecule has 39 heavy (non-hydrogen) atoms. The van der Waals surface area contributed by atoms with Crippen LogP contribution in [0, 0.1) is 0 Å². The predicted octanol–water partition coefficient (Wildman–Crippen LogP) is 7.88. The lowest BCUT2D eigenvalue weighted by Crippen LogP contribution is -2.72. The van der Waals surface area contributed by atoms with Crippen molar-refractivity contribution in [1.82, 2.24) is 0 Å². The average Bonchev–Trinajstić information content (AvgIpc) is 2.71. The minimum absolute atomic E-state index is 1.88. The first kappa shape index (κ1) is 37.3. The summed E-state index contributed by atoms with van der Waals surface area (Å²) in [5.41, 5.74) is 0. The molecule has 236 valence electrons. The van der Waals surface area contributed by atoms with Crippen molar-refractivity contribution in [2.45, 2.75) is 85.3 Å². The molecule has 0 spiro atoms. The van der Waals surface area contributed by atoms with Gasteiger partial charge in [0.05, 0.1) is 0 Å². The van der Waals surface area contributed by atoms with Crippen molar-refractivity contribution in [3.8, 4) is 0 Å². The number of halogens is 24. The van der Waals surface area contributed by atoms with Gasteiger partial charge < -0.3 is 4.74 Å². The van der Waals surface area contributed by atoms with Crippen LogP contribution in [0.2, 0.25) is 0 Å². The van der Waals surface area contributed by atoms with E-state index in [0.29, 0.717) is 0 Å². The maximum Gasteiger partial charge on any atom is 0.380 e. The Hall–Kier alpha value is -1.72. The Morgan fingerprint density at radius 1 is 0.308 bits per heavy atom. The summed E-state index contributed by atoms with van der Waals surface area (Å²) in [5.74, 6) is -64.1. The maximum atomic E-state index is 13.9. The number of hydrogen-bond acceptors (Lipinski definition) is 1. The molecule has 2 atom stereocenters. The highest BCUT2D eigenvalue weighted by atomic mass is 19.4. The van der Waals surface area contributed by atoms with E-state index in [4.69, 9.17) is 0 Å².